The number of amidine groups is 1. The van der Waals surface area contributed by atoms with Crippen molar-refractivity contribution in [2.45, 2.75) is 83.8 Å². The third-order valence-electron chi connectivity index (χ3n) is 9.23. The summed E-state index contributed by atoms with van der Waals surface area (Å²) in [6.07, 6.45) is 4.84. The molecule has 2 aromatic carbocycles. The maximum absolute atomic E-state index is 13.7. The Morgan fingerprint density at radius 1 is 1.21 bits per heavy atom. The number of halogens is 1. The number of allylic oxidation sites excluding steroid dienone is 3. The van der Waals surface area contributed by atoms with Crippen LogP contribution >= 0.6 is 11.6 Å². The number of carbonyl (C=O) groups is 2. The Balaban J connectivity index is 1.38. The SMILES string of the molecule is CCCCC1[C@H](CC(=O)Nc2ccc3c(c2)C2(CC2)NC3=O)N=C(c2ccc(Cl)cc2)C2=C(BC(C)=C2C)N1C(C)=N. The highest BCUT2D eigenvalue weighted by Gasteiger charge is 2.52. The zero-order chi connectivity index (χ0) is 29.8. The molecular formula is C33H37BClN5O2. The van der Waals surface area contributed by atoms with Gasteiger partial charge in [0.2, 0.25) is 13.2 Å². The third kappa shape index (κ3) is 5.00. The van der Waals surface area contributed by atoms with E-state index in [1.165, 1.54) is 11.0 Å². The van der Waals surface area contributed by atoms with Crippen molar-refractivity contribution in [2.75, 3.05) is 5.32 Å². The summed E-state index contributed by atoms with van der Waals surface area (Å²) in [6, 6.07) is 12.8. The lowest BCUT2D eigenvalue weighted by Crippen LogP contribution is -2.46. The molecular weight excluding hydrogens is 545 g/mol. The second-order valence-electron chi connectivity index (χ2n) is 12.2. The number of aliphatic imine (C=N–C) groups is 1. The Kier molecular flexibility index (Phi) is 7.38. The lowest BCUT2D eigenvalue weighted by Gasteiger charge is -2.37. The van der Waals surface area contributed by atoms with E-state index >= 15 is 0 Å². The first-order chi connectivity index (χ1) is 20.1. The number of benzene rings is 2. The molecule has 216 valence electrons. The maximum Gasteiger partial charge on any atom is 0.252 e. The van der Waals surface area contributed by atoms with Gasteiger partial charge >= 0.3 is 0 Å². The van der Waals surface area contributed by atoms with Crippen LogP contribution in [0, 0.1) is 5.41 Å². The van der Waals surface area contributed by atoms with E-state index in [9.17, 15) is 9.59 Å². The number of rotatable bonds is 7. The molecule has 3 N–H and O–H groups in total. The number of nitrogens with one attached hydrogen (secondary N) is 3. The van der Waals surface area contributed by atoms with Crippen LogP contribution in [0.2, 0.25) is 5.02 Å². The number of anilines is 1. The highest BCUT2D eigenvalue weighted by Crippen LogP contribution is 2.51. The van der Waals surface area contributed by atoms with Crippen LogP contribution in [0.15, 0.2) is 69.7 Å². The van der Waals surface area contributed by atoms with Gasteiger partial charge in [0.1, 0.15) is 0 Å². The molecule has 9 heteroatoms. The van der Waals surface area contributed by atoms with Gasteiger partial charge in [0, 0.05) is 27.4 Å². The number of hydrogen-bond donors (Lipinski definition) is 3. The lowest BCUT2D eigenvalue weighted by atomic mass is 9.68. The molecule has 42 heavy (non-hydrogen) atoms. The van der Waals surface area contributed by atoms with Gasteiger partial charge in [-0.3, -0.25) is 20.0 Å². The summed E-state index contributed by atoms with van der Waals surface area (Å²) in [6.45, 7) is 8.29. The van der Waals surface area contributed by atoms with E-state index in [1.54, 1.807) is 0 Å². The van der Waals surface area contributed by atoms with Crippen LogP contribution in [-0.2, 0) is 10.3 Å². The Morgan fingerprint density at radius 3 is 2.62 bits per heavy atom. The average molecular weight is 582 g/mol. The molecule has 7 nitrogen and oxygen atoms in total. The number of unbranched alkanes of at least 4 members (excludes halogenated alkanes) is 1. The van der Waals surface area contributed by atoms with Gasteiger partial charge in [-0.05, 0) is 74.6 Å². The van der Waals surface area contributed by atoms with Crippen LogP contribution in [0.25, 0.3) is 0 Å². The van der Waals surface area contributed by atoms with Gasteiger partial charge in [-0.2, -0.15) is 0 Å². The largest absolute Gasteiger partial charge is 0.342 e. The van der Waals surface area contributed by atoms with E-state index in [1.807, 2.05) is 49.4 Å². The minimum absolute atomic E-state index is 0.0381. The van der Waals surface area contributed by atoms with Crippen molar-refractivity contribution in [1.82, 2.24) is 10.2 Å². The van der Waals surface area contributed by atoms with Crippen LogP contribution in [0.3, 0.4) is 0 Å². The van der Waals surface area contributed by atoms with E-state index in [2.05, 4.69) is 36.3 Å². The molecule has 2 amide bonds. The number of amides is 2. The lowest BCUT2D eigenvalue weighted by molar-refractivity contribution is -0.116. The standard InChI is InChI=1S/C33H37BClN5O2/c1-5-6-7-27-26(17-28(41)37-23-12-13-24-25(16-23)33(14-15-33)39-32(24)42)38-30(21-8-10-22(35)11-9-21)29-18(2)19(3)34-31(29)40(27)20(4)36/h8-13,16,26-27,34,36H,5-7,14-15,17H2,1-4H3,(H,37,41)(H,39,42)/t26-,27?/m0/s1. The van der Waals surface area contributed by atoms with Crippen LogP contribution in [0.1, 0.15) is 87.7 Å². The minimum atomic E-state index is -0.367. The highest BCUT2D eigenvalue weighted by molar-refractivity contribution is 6.58. The topological polar surface area (TPSA) is 97.7 Å². The van der Waals surface area contributed by atoms with Gasteiger partial charge in [-0.25, -0.2) is 0 Å². The van der Waals surface area contributed by atoms with Gasteiger partial charge < -0.3 is 15.5 Å². The molecule has 6 rings (SSSR count). The van der Waals surface area contributed by atoms with Crippen molar-refractivity contribution in [3.8, 4) is 0 Å². The quantitative estimate of drug-likeness (QED) is 0.210. The first-order valence-electron chi connectivity index (χ1n) is 15.0. The zero-order valence-corrected chi connectivity index (χ0v) is 25.5. The summed E-state index contributed by atoms with van der Waals surface area (Å²) in [5.41, 5.74) is 8.54. The first-order valence-corrected chi connectivity index (χ1v) is 15.3. The van der Waals surface area contributed by atoms with E-state index in [0.717, 1.165) is 67.4 Å². The van der Waals surface area contributed by atoms with Crippen LogP contribution in [0.5, 0.6) is 0 Å². The van der Waals surface area contributed by atoms with Crippen molar-refractivity contribution in [3.63, 3.8) is 0 Å². The molecule has 2 aromatic rings. The maximum atomic E-state index is 13.7. The predicted octanol–water partition coefficient (Wildman–Crippen LogP) is 6.09. The van der Waals surface area contributed by atoms with E-state index < -0.39 is 0 Å². The van der Waals surface area contributed by atoms with Crippen molar-refractivity contribution in [3.05, 3.63) is 86.4 Å². The van der Waals surface area contributed by atoms with E-state index in [0.29, 0.717) is 22.1 Å². The third-order valence-corrected chi connectivity index (χ3v) is 9.48. The monoisotopic (exact) mass is 581 g/mol. The molecule has 1 aliphatic carbocycles. The molecule has 1 spiro atoms. The second kappa shape index (κ2) is 10.9. The van der Waals surface area contributed by atoms with Gasteiger partial charge in [0.05, 0.1) is 35.6 Å². The Hall–Kier alpha value is -3.65. The van der Waals surface area contributed by atoms with E-state index in [-0.39, 0.29) is 35.9 Å². The smallest absolute Gasteiger partial charge is 0.252 e. The van der Waals surface area contributed by atoms with Crippen molar-refractivity contribution >= 4 is 47.9 Å². The zero-order valence-electron chi connectivity index (χ0n) is 24.7. The van der Waals surface area contributed by atoms with E-state index in [4.69, 9.17) is 22.0 Å². The van der Waals surface area contributed by atoms with Gasteiger partial charge in [0.25, 0.3) is 5.91 Å². The fraction of sp³-hybridized carbons (Fsp3) is 0.394. The molecule has 2 atom stereocenters. The number of fused-ring (bicyclic) bond motifs is 2. The fourth-order valence-corrected chi connectivity index (χ4v) is 6.92. The van der Waals surface area contributed by atoms with Gasteiger partial charge in [0.15, 0.2) is 0 Å². The molecule has 3 aliphatic heterocycles. The van der Waals surface area contributed by atoms with Crippen LogP contribution in [-0.4, -0.2) is 47.6 Å². The number of carbonyl (C=O) groups excluding carboxylic acids is 2. The summed E-state index contributed by atoms with van der Waals surface area (Å²) in [5.74, 6) is 0.300. The average Bonchev–Trinajstić information content (AvgIpc) is 3.63. The summed E-state index contributed by atoms with van der Waals surface area (Å²) in [5, 5.41) is 15.8. The number of nitrogens with zero attached hydrogens (tertiary/aromatic N) is 2. The molecule has 0 bridgehead atoms. The Labute approximate surface area is 253 Å². The van der Waals surface area contributed by atoms with Crippen molar-refractivity contribution < 1.29 is 9.59 Å². The Bertz CT molecular complexity index is 1590. The normalized spacial score (nSPS) is 21.9. The first kappa shape index (κ1) is 28.5. The molecule has 0 saturated heterocycles. The minimum Gasteiger partial charge on any atom is -0.342 e. The van der Waals surface area contributed by atoms with Crippen molar-refractivity contribution in [1.29, 1.82) is 5.41 Å². The molecule has 0 radical (unpaired) electrons. The van der Waals surface area contributed by atoms with Gasteiger partial charge in [-0.1, -0.05) is 61.5 Å². The summed E-state index contributed by atoms with van der Waals surface area (Å²) in [4.78, 5) is 33.6. The van der Waals surface area contributed by atoms with Crippen LogP contribution < -0.4 is 10.6 Å². The molecule has 3 heterocycles. The molecule has 0 aromatic heterocycles. The summed E-state index contributed by atoms with van der Waals surface area (Å²) in [7, 11) is 0.759. The van der Waals surface area contributed by atoms with Crippen LogP contribution in [0.4, 0.5) is 5.69 Å². The summed E-state index contributed by atoms with van der Waals surface area (Å²) >= 11 is 6.26. The van der Waals surface area contributed by atoms with Gasteiger partial charge in [-0.15, -0.1) is 0 Å². The molecule has 1 fully saturated rings. The molecule has 4 aliphatic rings. The van der Waals surface area contributed by atoms with Crippen molar-refractivity contribution in [2.24, 2.45) is 4.99 Å². The molecule has 1 saturated carbocycles. The second-order valence-corrected chi connectivity index (χ2v) is 12.6. The predicted molar refractivity (Wildman–Crippen MR) is 171 cm³/mol. The fourth-order valence-electron chi connectivity index (χ4n) is 6.79. The number of hydrogen-bond acceptors (Lipinski definition) is 4. The summed E-state index contributed by atoms with van der Waals surface area (Å²) < 4.78 is 0. The molecule has 1 unspecified atom stereocenters. The highest BCUT2D eigenvalue weighted by atomic mass is 35.5. The Morgan fingerprint density at radius 2 is 1.95 bits per heavy atom.